The van der Waals surface area contributed by atoms with E-state index in [0.29, 0.717) is 11.4 Å². The molecule has 0 amide bonds. The van der Waals surface area contributed by atoms with Gasteiger partial charge in [0, 0.05) is 23.5 Å². The second-order valence-electron chi connectivity index (χ2n) is 12.8. The molecule has 10 aromatic rings. The van der Waals surface area contributed by atoms with Gasteiger partial charge in [-0.2, -0.15) is 0 Å². The summed E-state index contributed by atoms with van der Waals surface area (Å²) < 4.78 is 10.4. The Morgan fingerprint density at radius 2 is 0.865 bits per heavy atom. The smallest absolute Gasteiger partial charge is 0.181 e. The quantitative estimate of drug-likeness (QED) is 0.164. The maximum Gasteiger partial charge on any atom is 0.181 e. The average Bonchev–Trinajstić information content (AvgIpc) is 3.96. The molecule has 0 aliphatic rings. The monoisotopic (exact) mass is 668 g/mol. The van der Waals surface area contributed by atoms with Crippen molar-refractivity contribution >= 4 is 32.3 Å². The second kappa shape index (κ2) is 12.3. The number of hydrogen-bond donors (Lipinski definition) is 0. The number of rotatable bonds is 6. The SMILES string of the molecule is c1ccc2c(-c3ccc(-c4ccc5c(-c6ccc(-c7cocn7)nc6)c6ccccc6c(-c6ccc(-c7cocn7)nc6)c5c4)cc3)cccc2c1. The number of hydrogen-bond acceptors (Lipinski definition) is 6. The van der Waals surface area contributed by atoms with Crippen molar-refractivity contribution < 1.29 is 8.83 Å². The van der Waals surface area contributed by atoms with Gasteiger partial charge in [-0.3, -0.25) is 9.97 Å². The molecular weight excluding hydrogens is 641 g/mol. The number of pyridine rings is 2. The fourth-order valence-corrected chi connectivity index (χ4v) is 7.36. The first-order valence-corrected chi connectivity index (χ1v) is 17.1. The minimum Gasteiger partial charge on any atom is -0.451 e. The summed E-state index contributed by atoms with van der Waals surface area (Å²) in [6.07, 6.45) is 9.94. The molecular formula is C46H28N4O2. The van der Waals surface area contributed by atoms with Crippen LogP contribution in [-0.4, -0.2) is 19.9 Å². The van der Waals surface area contributed by atoms with Gasteiger partial charge in [0.25, 0.3) is 0 Å². The van der Waals surface area contributed by atoms with Crippen molar-refractivity contribution in [2.24, 2.45) is 0 Å². The standard InChI is InChI=1S/C46H28N4O2/c1-2-8-35-30(6-1)7-5-11-36(35)31-14-12-29(13-15-31)32-16-19-39-40(22-32)46(34-18-21-42(48-24-34)44-26-52-28-50-44)38-10-4-3-9-37(38)45(39)33-17-20-41(47-23-33)43-25-51-27-49-43/h1-28H. The normalized spacial score (nSPS) is 11.5. The molecule has 4 heterocycles. The van der Waals surface area contributed by atoms with Crippen molar-refractivity contribution in [3.63, 3.8) is 0 Å². The Morgan fingerprint density at radius 3 is 1.46 bits per heavy atom. The molecule has 10 rings (SSSR count). The zero-order valence-corrected chi connectivity index (χ0v) is 27.8. The maximum absolute atomic E-state index is 5.22. The molecule has 0 atom stereocenters. The number of fused-ring (bicyclic) bond motifs is 3. The second-order valence-corrected chi connectivity index (χ2v) is 12.8. The van der Waals surface area contributed by atoms with Crippen LogP contribution in [0.5, 0.6) is 0 Å². The van der Waals surface area contributed by atoms with Crippen molar-refractivity contribution in [3.05, 3.63) is 171 Å². The Balaban J connectivity index is 1.16. The highest BCUT2D eigenvalue weighted by Gasteiger charge is 2.19. The lowest BCUT2D eigenvalue weighted by Crippen LogP contribution is -1.93. The Kier molecular flexibility index (Phi) is 7.03. The van der Waals surface area contributed by atoms with Gasteiger partial charge in [-0.15, -0.1) is 0 Å². The van der Waals surface area contributed by atoms with Gasteiger partial charge in [-0.25, -0.2) is 9.97 Å². The van der Waals surface area contributed by atoms with E-state index in [-0.39, 0.29) is 0 Å². The van der Waals surface area contributed by atoms with Crippen LogP contribution >= 0.6 is 0 Å². The van der Waals surface area contributed by atoms with Crippen LogP contribution in [0.25, 0.3) is 99.6 Å². The molecule has 0 N–H and O–H groups in total. The third-order valence-corrected chi connectivity index (χ3v) is 9.84. The summed E-state index contributed by atoms with van der Waals surface area (Å²) in [4.78, 5) is 18.2. The highest BCUT2D eigenvalue weighted by Crippen LogP contribution is 2.45. The Hall–Kier alpha value is -7.18. The molecule has 0 spiro atoms. The Morgan fingerprint density at radius 1 is 0.346 bits per heavy atom. The molecule has 0 saturated carbocycles. The van der Waals surface area contributed by atoms with Gasteiger partial charge in [-0.05, 0) is 83.9 Å². The minimum atomic E-state index is 0.701. The number of nitrogens with zero attached hydrogens (tertiary/aromatic N) is 4. The van der Waals surface area contributed by atoms with Crippen LogP contribution in [-0.2, 0) is 0 Å². The Bertz CT molecular complexity index is 2860. The third-order valence-electron chi connectivity index (χ3n) is 9.84. The highest BCUT2D eigenvalue weighted by molar-refractivity contribution is 6.22. The molecule has 244 valence electrons. The third kappa shape index (κ3) is 5.05. The van der Waals surface area contributed by atoms with E-state index in [1.807, 2.05) is 24.5 Å². The lowest BCUT2D eigenvalue weighted by Gasteiger charge is -2.18. The molecule has 0 bridgehead atoms. The lowest BCUT2D eigenvalue weighted by molar-refractivity contribution is 0.558. The molecule has 6 nitrogen and oxygen atoms in total. The molecule has 0 fully saturated rings. The van der Waals surface area contributed by atoms with Gasteiger partial charge < -0.3 is 8.83 Å². The van der Waals surface area contributed by atoms with E-state index < -0.39 is 0 Å². The van der Waals surface area contributed by atoms with Gasteiger partial charge in [-0.1, -0.05) is 115 Å². The molecule has 6 aromatic carbocycles. The number of benzene rings is 6. The highest BCUT2D eigenvalue weighted by atomic mass is 16.3. The summed E-state index contributed by atoms with van der Waals surface area (Å²) >= 11 is 0. The van der Waals surface area contributed by atoms with E-state index in [1.54, 1.807) is 12.5 Å². The van der Waals surface area contributed by atoms with E-state index >= 15 is 0 Å². The number of oxazole rings is 2. The first kappa shape index (κ1) is 29.7. The van der Waals surface area contributed by atoms with E-state index in [9.17, 15) is 0 Å². The van der Waals surface area contributed by atoms with Crippen LogP contribution < -0.4 is 0 Å². The fraction of sp³-hybridized carbons (Fsp3) is 0. The van der Waals surface area contributed by atoms with E-state index in [1.165, 1.54) is 34.7 Å². The molecule has 0 radical (unpaired) electrons. The zero-order chi connectivity index (χ0) is 34.4. The molecule has 0 unspecified atom stereocenters. The van der Waals surface area contributed by atoms with E-state index in [4.69, 9.17) is 18.8 Å². The zero-order valence-electron chi connectivity index (χ0n) is 27.8. The van der Waals surface area contributed by atoms with Crippen molar-refractivity contribution in [1.82, 2.24) is 19.9 Å². The van der Waals surface area contributed by atoms with Crippen LogP contribution in [0.15, 0.2) is 180 Å². The summed E-state index contributed by atoms with van der Waals surface area (Å²) in [6.45, 7) is 0. The molecule has 4 aromatic heterocycles. The minimum absolute atomic E-state index is 0.701. The predicted molar refractivity (Wildman–Crippen MR) is 207 cm³/mol. The van der Waals surface area contributed by atoms with Gasteiger partial charge in [0.05, 0.1) is 11.4 Å². The molecule has 6 heteroatoms. The van der Waals surface area contributed by atoms with Crippen LogP contribution in [0.4, 0.5) is 0 Å². The lowest BCUT2D eigenvalue weighted by atomic mass is 9.85. The molecule has 0 saturated heterocycles. The predicted octanol–water partition coefficient (Wildman–Crippen LogP) is 11.9. The summed E-state index contributed by atoms with van der Waals surface area (Å²) in [5, 5.41) is 7.00. The fourth-order valence-electron chi connectivity index (χ4n) is 7.36. The number of aromatic nitrogens is 4. The summed E-state index contributed by atoms with van der Waals surface area (Å²) in [5.74, 6) is 0. The van der Waals surface area contributed by atoms with Crippen molar-refractivity contribution in [3.8, 4) is 67.3 Å². The van der Waals surface area contributed by atoms with Crippen LogP contribution in [0.3, 0.4) is 0 Å². The van der Waals surface area contributed by atoms with Crippen LogP contribution in [0.1, 0.15) is 0 Å². The van der Waals surface area contributed by atoms with Gasteiger partial charge in [0.1, 0.15) is 23.9 Å². The average molecular weight is 669 g/mol. The van der Waals surface area contributed by atoms with Crippen molar-refractivity contribution in [2.75, 3.05) is 0 Å². The van der Waals surface area contributed by atoms with E-state index in [2.05, 4.69) is 131 Å². The van der Waals surface area contributed by atoms with Gasteiger partial charge in [0.2, 0.25) is 0 Å². The van der Waals surface area contributed by atoms with E-state index in [0.717, 1.165) is 66.3 Å². The molecule has 52 heavy (non-hydrogen) atoms. The topological polar surface area (TPSA) is 77.8 Å². The van der Waals surface area contributed by atoms with Crippen LogP contribution in [0, 0.1) is 0 Å². The van der Waals surface area contributed by atoms with Crippen molar-refractivity contribution in [2.45, 2.75) is 0 Å². The van der Waals surface area contributed by atoms with Gasteiger partial charge >= 0.3 is 0 Å². The van der Waals surface area contributed by atoms with Gasteiger partial charge in [0.15, 0.2) is 12.8 Å². The first-order chi connectivity index (χ1) is 25.8. The summed E-state index contributed by atoms with van der Waals surface area (Å²) in [6, 6.07) is 47.5. The largest absolute Gasteiger partial charge is 0.451 e. The Labute approximate surface area is 298 Å². The maximum atomic E-state index is 5.22. The summed E-state index contributed by atoms with van der Waals surface area (Å²) in [7, 11) is 0. The summed E-state index contributed by atoms with van der Waals surface area (Å²) in [5.41, 5.74) is 11.9. The first-order valence-electron chi connectivity index (χ1n) is 17.1. The van der Waals surface area contributed by atoms with Crippen LogP contribution in [0.2, 0.25) is 0 Å². The molecule has 0 aliphatic carbocycles. The molecule has 0 aliphatic heterocycles. The van der Waals surface area contributed by atoms with Crippen molar-refractivity contribution in [1.29, 1.82) is 0 Å².